The number of benzene rings is 2. The Labute approximate surface area is 163 Å². The highest BCUT2D eigenvalue weighted by molar-refractivity contribution is 6.30. The van der Waals surface area contributed by atoms with E-state index >= 15 is 0 Å². The molecule has 0 saturated heterocycles. The molecule has 2 heterocycles. The van der Waals surface area contributed by atoms with Gasteiger partial charge in [0.25, 0.3) is 0 Å². The lowest BCUT2D eigenvalue weighted by atomic mass is 9.90. The molecule has 3 aliphatic rings. The van der Waals surface area contributed by atoms with Crippen LogP contribution in [0.25, 0.3) is 0 Å². The molecule has 2 aromatic carbocycles. The van der Waals surface area contributed by atoms with E-state index in [1.807, 2.05) is 29.3 Å². The average molecular weight is 381 g/mol. The van der Waals surface area contributed by atoms with E-state index in [2.05, 4.69) is 31.2 Å². The Bertz CT molecular complexity index is 967. The lowest BCUT2D eigenvalue weighted by Gasteiger charge is -2.47. The Morgan fingerprint density at radius 2 is 2.04 bits per heavy atom. The molecule has 1 aliphatic carbocycles. The molecule has 5 heteroatoms. The maximum atomic E-state index is 10.2. The fourth-order valence-electron chi connectivity index (χ4n) is 4.32. The number of aryl methyl sites for hydroxylation is 1. The van der Waals surface area contributed by atoms with Crippen LogP contribution in [-0.4, -0.2) is 21.6 Å². The molecule has 2 aromatic rings. The summed E-state index contributed by atoms with van der Waals surface area (Å²) < 4.78 is 6.43. The number of hydrogen-bond donors (Lipinski definition) is 1. The highest BCUT2D eigenvalue weighted by Gasteiger charge is 2.50. The molecule has 2 unspecified atom stereocenters. The van der Waals surface area contributed by atoms with Crippen molar-refractivity contribution in [3.05, 3.63) is 76.0 Å². The maximum Gasteiger partial charge on any atom is 0.220 e. The van der Waals surface area contributed by atoms with Crippen LogP contribution in [0.3, 0.4) is 0 Å². The molecule has 138 valence electrons. The first-order chi connectivity index (χ1) is 13.0. The average Bonchev–Trinajstić information content (AvgIpc) is 3.10. The minimum Gasteiger partial charge on any atom is -0.512 e. The van der Waals surface area contributed by atoms with Crippen molar-refractivity contribution >= 4 is 17.3 Å². The molecular weight excluding hydrogens is 360 g/mol. The summed E-state index contributed by atoms with van der Waals surface area (Å²) in [7, 11) is 0. The minimum atomic E-state index is -0.736. The van der Waals surface area contributed by atoms with Crippen LogP contribution in [0.1, 0.15) is 48.4 Å². The van der Waals surface area contributed by atoms with Crippen LogP contribution in [0.4, 0.5) is 0 Å². The zero-order valence-electron chi connectivity index (χ0n) is 15.2. The summed E-state index contributed by atoms with van der Waals surface area (Å²) in [6, 6.07) is 14.3. The Balaban J connectivity index is 1.64. The van der Waals surface area contributed by atoms with Gasteiger partial charge in [0.1, 0.15) is 5.75 Å². The summed E-state index contributed by atoms with van der Waals surface area (Å²) in [5, 5.41) is 17.9. The third kappa shape index (κ3) is 2.71. The third-order valence-electron chi connectivity index (χ3n) is 5.66. The quantitative estimate of drug-likeness (QED) is 0.709. The number of ether oxygens (including phenoxy) is 1. The molecule has 0 aromatic heterocycles. The standard InChI is InChI=1S/C22H21ClN2O2/c1-14-4-6-15(7-5-14)19-12-20-18-11-16(23)8-9-21(18)27-22(25(20)24-19)10-2-3-17(26)13-22/h4-9,11,13,20,26H,2-3,10,12H2,1H3. The highest BCUT2D eigenvalue weighted by Crippen LogP contribution is 2.50. The Kier molecular flexibility index (Phi) is 3.73. The second-order valence-electron chi connectivity index (χ2n) is 7.60. The maximum absolute atomic E-state index is 10.2. The molecule has 5 rings (SSSR count). The summed E-state index contributed by atoms with van der Waals surface area (Å²) >= 11 is 6.27. The van der Waals surface area contributed by atoms with E-state index < -0.39 is 5.72 Å². The molecule has 0 amide bonds. The van der Waals surface area contributed by atoms with Gasteiger partial charge in [-0.3, -0.25) is 0 Å². The molecule has 1 N–H and O–H groups in total. The Hall–Kier alpha value is -2.46. The third-order valence-corrected chi connectivity index (χ3v) is 5.90. The molecule has 0 radical (unpaired) electrons. The van der Waals surface area contributed by atoms with E-state index in [0.717, 1.165) is 41.9 Å². The molecule has 2 atom stereocenters. The largest absolute Gasteiger partial charge is 0.512 e. The zero-order valence-corrected chi connectivity index (χ0v) is 15.9. The molecule has 0 fully saturated rings. The van der Waals surface area contributed by atoms with Crippen LogP contribution in [0.2, 0.25) is 5.02 Å². The van der Waals surface area contributed by atoms with Crippen molar-refractivity contribution in [1.29, 1.82) is 0 Å². The minimum absolute atomic E-state index is 0.0471. The van der Waals surface area contributed by atoms with E-state index in [9.17, 15) is 5.11 Å². The first kappa shape index (κ1) is 16.7. The van der Waals surface area contributed by atoms with Crippen LogP contribution in [0, 0.1) is 6.92 Å². The Morgan fingerprint density at radius 1 is 1.22 bits per heavy atom. The molecule has 0 saturated carbocycles. The molecule has 2 aliphatic heterocycles. The number of nitrogens with zero attached hydrogens (tertiary/aromatic N) is 2. The van der Waals surface area contributed by atoms with Gasteiger partial charge in [-0.1, -0.05) is 41.4 Å². The van der Waals surface area contributed by atoms with E-state index in [4.69, 9.17) is 21.4 Å². The second-order valence-corrected chi connectivity index (χ2v) is 8.03. The number of allylic oxidation sites excluding steroid dienone is 1. The normalized spacial score (nSPS) is 26.1. The van der Waals surface area contributed by atoms with Gasteiger partial charge in [-0.05, 0) is 37.1 Å². The van der Waals surface area contributed by atoms with Gasteiger partial charge in [-0.2, -0.15) is 5.10 Å². The van der Waals surface area contributed by atoms with E-state index in [1.165, 1.54) is 5.56 Å². The predicted molar refractivity (Wildman–Crippen MR) is 106 cm³/mol. The lowest BCUT2D eigenvalue weighted by Crippen LogP contribution is -2.53. The Morgan fingerprint density at radius 3 is 2.81 bits per heavy atom. The number of hydrogen-bond acceptors (Lipinski definition) is 4. The SMILES string of the molecule is Cc1ccc(C2=NN3C(C2)c2cc(Cl)ccc2OC32C=C(O)CCC2)cc1. The number of aliphatic hydroxyl groups excluding tert-OH is 1. The summed E-state index contributed by atoms with van der Waals surface area (Å²) in [6.07, 6.45) is 4.97. The fourth-order valence-corrected chi connectivity index (χ4v) is 4.50. The van der Waals surface area contributed by atoms with Gasteiger partial charge >= 0.3 is 0 Å². The summed E-state index contributed by atoms with van der Waals surface area (Å²) in [6.45, 7) is 2.08. The van der Waals surface area contributed by atoms with Crippen LogP contribution in [0.5, 0.6) is 5.75 Å². The lowest BCUT2D eigenvalue weighted by molar-refractivity contribution is -0.0944. The van der Waals surface area contributed by atoms with Crippen molar-refractivity contribution in [3.63, 3.8) is 0 Å². The van der Waals surface area contributed by atoms with E-state index in [1.54, 1.807) is 0 Å². The topological polar surface area (TPSA) is 45.1 Å². The van der Waals surface area contributed by atoms with Crippen LogP contribution >= 0.6 is 11.6 Å². The van der Waals surface area contributed by atoms with Crippen LogP contribution in [-0.2, 0) is 0 Å². The van der Waals surface area contributed by atoms with Gasteiger partial charge in [0, 0.05) is 35.9 Å². The number of aliphatic hydroxyl groups is 1. The van der Waals surface area contributed by atoms with E-state index in [0.29, 0.717) is 17.2 Å². The van der Waals surface area contributed by atoms with Crippen molar-refractivity contribution < 1.29 is 9.84 Å². The second kappa shape index (κ2) is 6.03. The molecule has 4 nitrogen and oxygen atoms in total. The number of rotatable bonds is 1. The van der Waals surface area contributed by atoms with Crippen LogP contribution in [0.15, 0.2) is 59.4 Å². The molecule has 1 spiro atoms. The summed E-state index contributed by atoms with van der Waals surface area (Å²) in [5.41, 5.74) is 3.71. The number of hydrazone groups is 1. The smallest absolute Gasteiger partial charge is 0.220 e. The number of fused-ring (bicyclic) bond motifs is 4. The first-order valence-electron chi connectivity index (χ1n) is 9.37. The monoisotopic (exact) mass is 380 g/mol. The van der Waals surface area contributed by atoms with Gasteiger partial charge < -0.3 is 9.84 Å². The van der Waals surface area contributed by atoms with Gasteiger partial charge in [-0.15, -0.1) is 0 Å². The molecule has 0 bridgehead atoms. The van der Waals surface area contributed by atoms with Gasteiger partial charge in [-0.25, -0.2) is 5.01 Å². The van der Waals surface area contributed by atoms with Crippen LogP contribution < -0.4 is 4.74 Å². The van der Waals surface area contributed by atoms with Gasteiger partial charge in [0.15, 0.2) is 0 Å². The van der Waals surface area contributed by atoms with Crippen molar-refractivity contribution in [1.82, 2.24) is 5.01 Å². The number of halogens is 1. The predicted octanol–water partition coefficient (Wildman–Crippen LogP) is 5.51. The zero-order chi connectivity index (χ0) is 18.6. The first-order valence-corrected chi connectivity index (χ1v) is 9.75. The fraction of sp³-hybridized carbons (Fsp3) is 0.318. The molecule has 27 heavy (non-hydrogen) atoms. The van der Waals surface area contributed by atoms with E-state index in [-0.39, 0.29) is 6.04 Å². The summed E-state index contributed by atoms with van der Waals surface area (Å²) in [4.78, 5) is 0. The van der Waals surface area contributed by atoms with Gasteiger partial charge in [0.2, 0.25) is 5.72 Å². The van der Waals surface area contributed by atoms with Crippen molar-refractivity contribution in [2.75, 3.05) is 0 Å². The summed E-state index contributed by atoms with van der Waals surface area (Å²) in [5.74, 6) is 1.20. The van der Waals surface area contributed by atoms with Gasteiger partial charge in [0.05, 0.1) is 17.5 Å². The highest BCUT2D eigenvalue weighted by atomic mass is 35.5. The molecular formula is C22H21ClN2O2. The van der Waals surface area contributed by atoms with Crippen molar-refractivity contribution in [3.8, 4) is 5.75 Å². The van der Waals surface area contributed by atoms with Crippen molar-refractivity contribution in [2.24, 2.45) is 5.10 Å². The van der Waals surface area contributed by atoms with Crippen molar-refractivity contribution in [2.45, 2.75) is 44.4 Å².